The predicted molar refractivity (Wildman–Crippen MR) is 92.2 cm³/mol. The van der Waals surface area contributed by atoms with Gasteiger partial charge in [0, 0.05) is 47.1 Å². The van der Waals surface area contributed by atoms with Gasteiger partial charge >= 0.3 is 0 Å². The molecule has 0 unspecified atom stereocenters. The lowest BCUT2D eigenvalue weighted by molar-refractivity contribution is 0.687. The third kappa shape index (κ3) is 3.48. The Bertz CT molecular complexity index is 827. The van der Waals surface area contributed by atoms with Gasteiger partial charge in [-0.3, -0.25) is 8.78 Å². The fraction of sp³-hybridized carbons (Fsp3) is 0.176. The Labute approximate surface area is 137 Å². The Morgan fingerprint density at radius 3 is 2.57 bits per heavy atom. The molecule has 1 atom stereocenters. The zero-order valence-electron chi connectivity index (χ0n) is 13.1. The third-order valence-corrected chi connectivity index (χ3v) is 4.51. The van der Waals surface area contributed by atoms with Gasteiger partial charge in [-0.15, -0.1) is 0 Å². The van der Waals surface area contributed by atoms with Gasteiger partial charge in [-0.2, -0.15) is 0 Å². The van der Waals surface area contributed by atoms with Crippen LogP contribution < -0.4 is 5.32 Å². The maximum absolute atomic E-state index is 11.4. The SMILES string of the molecule is Cc1nccn1-c1ncccc1NCc1ccc([S@](C)=O)cc1. The molecule has 0 saturated heterocycles. The van der Waals surface area contributed by atoms with Crippen molar-refractivity contribution in [2.75, 3.05) is 11.6 Å². The number of hydrogen-bond donors (Lipinski definition) is 1. The van der Waals surface area contributed by atoms with Crippen molar-refractivity contribution in [1.82, 2.24) is 14.5 Å². The summed E-state index contributed by atoms with van der Waals surface area (Å²) in [5.74, 6) is 1.72. The van der Waals surface area contributed by atoms with E-state index in [4.69, 9.17) is 0 Å². The highest BCUT2D eigenvalue weighted by molar-refractivity contribution is 7.84. The second-order valence-corrected chi connectivity index (χ2v) is 6.55. The number of benzene rings is 1. The number of aromatic nitrogens is 3. The van der Waals surface area contributed by atoms with E-state index in [1.54, 1.807) is 18.6 Å². The molecule has 0 fully saturated rings. The quantitative estimate of drug-likeness (QED) is 0.783. The molecule has 0 radical (unpaired) electrons. The Morgan fingerprint density at radius 1 is 1.13 bits per heavy atom. The van der Waals surface area contributed by atoms with Crippen LogP contribution in [-0.4, -0.2) is 25.0 Å². The Morgan fingerprint density at radius 2 is 1.91 bits per heavy atom. The summed E-state index contributed by atoms with van der Waals surface area (Å²) < 4.78 is 13.4. The van der Waals surface area contributed by atoms with E-state index in [2.05, 4.69) is 15.3 Å². The van der Waals surface area contributed by atoms with Gasteiger partial charge < -0.3 is 5.32 Å². The molecule has 0 spiro atoms. The van der Waals surface area contributed by atoms with Gasteiger partial charge in [0.25, 0.3) is 0 Å². The smallest absolute Gasteiger partial charge is 0.161 e. The summed E-state index contributed by atoms with van der Waals surface area (Å²) in [6.45, 7) is 2.62. The van der Waals surface area contributed by atoms with Crippen LogP contribution in [0.2, 0.25) is 0 Å². The van der Waals surface area contributed by atoms with Gasteiger partial charge in [0.15, 0.2) is 5.82 Å². The van der Waals surface area contributed by atoms with Crippen LogP contribution in [0.4, 0.5) is 5.69 Å². The summed E-state index contributed by atoms with van der Waals surface area (Å²) in [6.07, 6.45) is 7.11. The largest absolute Gasteiger partial charge is 0.378 e. The lowest BCUT2D eigenvalue weighted by Gasteiger charge is -2.12. The third-order valence-electron chi connectivity index (χ3n) is 3.58. The first kappa shape index (κ1) is 15.4. The molecule has 23 heavy (non-hydrogen) atoms. The number of nitrogens with zero attached hydrogens (tertiary/aromatic N) is 3. The van der Waals surface area contributed by atoms with Crippen LogP contribution in [0.1, 0.15) is 11.4 Å². The van der Waals surface area contributed by atoms with E-state index in [0.29, 0.717) is 6.54 Å². The maximum atomic E-state index is 11.4. The van der Waals surface area contributed by atoms with Crippen molar-refractivity contribution < 1.29 is 4.21 Å². The van der Waals surface area contributed by atoms with Gasteiger partial charge in [-0.1, -0.05) is 12.1 Å². The minimum absolute atomic E-state index is 0.670. The van der Waals surface area contributed by atoms with Crippen LogP contribution in [0.3, 0.4) is 0 Å². The van der Waals surface area contributed by atoms with Crippen LogP contribution in [-0.2, 0) is 17.3 Å². The lowest BCUT2D eigenvalue weighted by Crippen LogP contribution is -2.07. The molecular weight excluding hydrogens is 308 g/mol. The molecule has 0 aliphatic heterocycles. The number of rotatable bonds is 5. The van der Waals surface area contributed by atoms with E-state index in [-0.39, 0.29) is 0 Å². The molecule has 2 aromatic heterocycles. The number of hydrogen-bond acceptors (Lipinski definition) is 4. The first-order chi connectivity index (χ1) is 11.1. The van der Waals surface area contributed by atoms with E-state index < -0.39 is 10.8 Å². The highest BCUT2D eigenvalue weighted by Crippen LogP contribution is 2.19. The van der Waals surface area contributed by atoms with Crippen molar-refractivity contribution in [2.45, 2.75) is 18.4 Å². The molecule has 0 aliphatic carbocycles. The van der Waals surface area contributed by atoms with Crippen molar-refractivity contribution in [3.05, 3.63) is 66.4 Å². The predicted octanol–water partition coefficient (Wildman–Crippen LogP) is 2.93. The Kier molecular flexibility index (Phi) is 4.52. The van der Waals surface area contributed by atoms with Crippen molar-refractivity contribution >= 4 is 16.5 Å². The molecule has 118 valence electrons. The summed E-state index contributed by atoms with van der Waals surface area (Å²) in [6, 6.07) is 11.7. The van der Waals surface area contributed by atoms with E-state index in [9.17, 15) is 4.21 Å². The van der Waals surface area contributed by atoms with Gasteiger partial charge in [-0.25, -0.2) is 9.97 Å². The second-order valence-electron chi connectivity index (χ2n) is 5.17. The van der Waals surface area contributed by atoms with Gasteiger partial charge in [0.05, 0.1) is 5.69 Å². The average Bonchev–Trinajstić information content (AvgIpc) is 2.99. The van der Waals surface area contributed by atoms with Crippen molar-refractivity contribution in [1.29, 1.82) is 0 Å². The Balaban J connectivity index is 1.79. The molecule has 3 aromatic rings. The molecule has 6 heteroatoms. The summed E-state index contributed by atoms with van der Waals surface area (Å²) in [7, 11) is -0.944. The second kappa shape index (κ2) is 6.75. The van der Waals surface area contributed by atoms with Gasteiger partial charge in [-0.05, 0) is 36.8 Å². The molecule has 2 heterocycles. The lowest BCUT2D eigenvalue weighted by atomic mass is 10.2. The normalized spacial score (nSPS) is 12.1. The molecule has 0 saturated carbocycles. The summed E-state index contributed by atoms with van der Waals surface area (Å²) in [5, 5.41) is 3.41. The van der Waals surface area contributed by atoms with Crippen LogP contribution in [0.25, 0.3) is 5.82 Å². The molecular formula is C17H18N4OS. The van der Waals surface area contributed by atoms with Crippen molar-refractivity contribution in [3.63, 3.8) is 0 Å². The molecule has 0 amide bonds. The van der Waals surface area contributed by atoms with Crippen LogP contribution in [0, 0.1) is 6.92 Å². The fourth-order valence-electron chi connectivity index (χ4n) is 2.32. The van der Waals surface area contributed by atoms with Crippen LogP contribution in [0.5, 0.6) is 0 Å². The number of pyridine rings is 1. The zero-order valence-corrected chi connectivity index (χ0v) is 13.9. The van der Waals surface area contributed by atoms with Crippen LogP contribution in [0.15, 0.2) is 59.9 Å². The van der Waals surface area contributed by atoms with Crippen LogP contribution >= 0.6 is 0 Å². The molecule has 1 N–H and O–H groups in total. The van der Waals surface area contributed by atoms with Crippen molar-refractivity contribution in [3.8, 4) is 5.82 Å². The average molecular weight is 326 g/mol. The first-order valence-corrected chi connectivity index (χ1v) is 8.82. The topological polar surface area (TPSA) is 59.8 Å². The molecule has 0 bridgehead atoms. The molecule has 0 aliphatic rings. The maximum Gasteiger partial charge on any atom is 0.161 e. The van der Waals surface area contributed by atoms with Gasteiger partial charge in [0.2, 0.25) is 0 Å². The summed E-state index contributed by atoms with van der Waals surface area (Å²) in [5.41, 5.74) is 2.06. The van der Waals surface area contributed by atoms with Crippen molar-refractivity contribution in [2.24, 2.45) is 0 Å². The van der Waals surface area contributed by atoms with E-state index in [1.807, 2.05) is 54.1 Å². The Hall–Kier alpha value is -2.47. The number of anilines is 1. The summed E-state index contributed by atoms with van der Waals surface area (Å²) >= 11 is 0. The standard InChI is InChI=1S/C17H18N4OS/c1-13-18-10-11-21(13)17-16(4-3-9-19-17)20-12-14-5-7-15(8-6-14)23(2)22/h3-11,20H,12H2,1-2H3/t23-/m0/s1. The monoisotopic (exact) mass is 326 g/mol. The number of imidazole rings is 1. The number of aryl methyl sites for hydroxylation is 1. The van der Waals surface area contributed by atoms with Gasteiger partial charge in [0.1, 0.15) is 5.82 Å². The number of nitrogens with one attached hydrogen (secondary N) is 1. The summed E-state index contributed by atoms with van der Waals surface area (Å²) in [4.78, 5) is 9.53. The minimum Gasteiger partial charge on any atom is -0.378 e. The highest BCUT2D eigenvalue weighted by Gasteiger charge is 2.08. The molecule has 1 aromatic carbocycles. The zero-order chi connectivity index (χ0) is 16.2. The van der Waals surface area contributed by atoms with E-state index in [1.165, 1.54) is 0 Å². The highest BCUT2D eigenvalue weighted by atomic mass is 32.2. The molecule has 3 rings (SSSR count). The molecule has 5 nitrogen and oxygen atoms in total. The van der Waals surface area contributed by atoms with E-state index in [0.717, 1.165) is 27.8 Å². The first-order valence-electron chi connectivity index (χ1n) is 7.27. The van der Waals surface area contributed by atoms with E-state index >= 15 is 0 Å². The minimum atomic E-state index is -0.944. The fourth-order valence-corrected chi connectivity index (χ4v) is 2.84.